The number of benzene rings is 2. The van der Waals surface area contributed by atoms with E-state index in [9.17, 15) is 18.0 Å². The van der Waals surface area contributed by atoms with E-state index in [-0.39, 0.29) is 28.2 Å². The number of hydrogen-bond acceptors (Lipinski definition) is 4. The first kappa shape index (κ1) is 28.5. The van der Waals surface area contributed by atoms with Crippen LogP contribution in [-0.4, -0.2) is 50.5 Å². The maximum Gasteiger partial charge on any atom is 0.244 e. The van der Waals surface area contributed by atoms with Crippen LogP contribution >= 0.6 is 46.4 Å². The number of halogens is 4. The number of nitrogens with one attached hydrogen (secondary N) is 1. The van der Waals surface area contributed by atoms with Gasteiger partial charge in [0.1, 0.15) is 12.6 Å². The van der Waals surface area contributed by atoms with Crippen LogP contribution in [0.2, 0.25) is 20.1 Å². The van der Waals surface area contributed by atoms with Crippen molar-refractivity contribution in [3.05, 3.63) is 62.1 Å². The van der Waals surface area contributed by atoms with E-state index in [2.05, 4.69) is 5.32 Å². The zero-order chi connectivity index (χ0) is 25.6. The first-order chi connectivity index (χ1) is 15.8. The number of anilines is 1. The number of hydrogen-bond donors (Lipinski definition) is 1. The van der Waals surface area contributed by atoms with Gasteiger partial charge in [0.05, 0.1) is 11.9 Å². The average Bonchev–Trinajstić information content (AvgIpc) is 2.73. The van der Waals surface area contributed by atoms with Gasteiger partial charge in [0, 0.05) is 33.2 Å². The van der Waals surface area contributed by atoms with E-state index in [1.165, 1.54) is 29.2 Å². The standard InChI is InChI=1S/C22H25Cl4N3O4S/c1-4-7-27-22(31)14(2)28(12-15-5-6-16(23)11-20(15)26)21(30)13-29(34(3,32)33)19-9-17(24)8-18(25)10-19/h5-6,8-11,14H,4,7,12-13H2,1-3H3,(H,27,31)/t14-/m1/s1. The van der Waals surface area contributed by atoms with Crippen LogP contribution in [-0.2, 0) is 26.2 Å². The Hall–Kier alpha value is -1.71. The van der Waals surface area contributed by atoms with Gasteiger partial charge in [0.25, 0.3) is 0 Å². The summed E-state index contributed by atoms with van der Waals surface area (Å²) in [7, 11) is -3.90. The molecule has 0 aliphatic heterocycles. The summed E-state index contributed by atoms with van der Waals surface area (Å²) in [5, 5.41) is 3.90. The summed E-state index contributed by atoms with van der Waals surface area (Å²) in [4.78, 5) is 27.4. The summed E-state index contributed by atoms with van der Waals surface area (Å²) in [6, 6.07) is 8.11. The van der Waals surface area contributed by atoms with Crippen LogP contribution in [0.15, 0.2) is 36.4 Å². The maximum atomic E-state index is 13.5. The third-order valence-electron chi connectivity index (χ3n) is 4.89. The number of carbonyl (C=O) groups excluding carboxylic acids is 2. The van der Waals surface area contributed by atoms with Crippen molar-refractivity contribution in [3.8, 4) is 0 Å². The zero-order valence-corrected chi connectivity index (χ0v) is 22.7. The summed E-state index contributed by atoms with van der Waals surface area (Å²) < 4.78 is 26.0. The Morgan fingerprint density at radius 1 is 1.00 bits per heavy atom. The lowest BCUT2D eigenvalue weighted by Crippen LogP contribution is -2.51. The number of sulfonamides is 1. The number of carbonyl (C=O) groups is 2. The minimum Gasteiger partial charge on any atom is -0.354 e. The van der Waals surface area contributed by atoms with E-state index in [4.69, 9.17) is 46.4 Å². The van der Waals surface area contributed by atoms with E-state index in [0.717, 1.165) is 10.6 Å². The maximum absolute atomic E-state index is 13.5. The second-order valence-electron chi connectivity index (χ2n) is 7.62. The molecule has 12 heteroatoms. The highest BCUT2D eigenvalue weighted by molar-refractivity contribution is 7.92. The monoisotopic (exact) mass is 567 g/mol. The molecule has 186 valence electrons. The highest BCUT2D eigenvalue weighted by Gasteiger charge is 2.30. The van der Waals surface area contributed by atoms with Crippen molar-refractivity contribution >= 4 is 73.9 Å². The van der Waals surface area contributed by atoms with Gasteiger partial charge in [0.15, 0.2) is 0 Å². The number of amides is 2. The molecular weight excluding hydrogens is 544 g/mol. The van der Waals surface area contributed by atoms with E-state index in [1.807, 2.05) is 6.92 Å². The van der Waals surface area contributed by atoms with E-state index in [1.54, 1.807) is 19.1 Å². The van der Waals surface area contributed by atoms with Gasteiger partial charge in [-0.05, 0) is 49.2 Å². The summed E-state index contributed by atoms with van der Waals surface area (Å²) in [5.41, 5.74) is 0.673. The molecule has 0 aliphatic rings. The van der Waals surface area contributed by atoms with Crippen LogP contribution in [0.25, 0.3) is 0 Å². The van der Waals surface area contributed by atoms with Gasteiger partial charge in [-0.25, -0.2) is 8.42 Å². The fourth-order valence-electron chi connectivity index (χ4n) is 3.11. The van der Waals surface area contributed by atoms with Gasteiger partial charge in [-0.3, -0.25) is 13.9 Å². The summed E-state index contributed by atoms with van der Waals surface area (Å²) in [5.74, 6) is -0.997. The Morgan fingerprint density at radius 2 is 1.62 bits per heavy atom. The van der Waals surface area contributed by atoms with Gasteiger partial charge in [-0.15, -0.1) is 0 Å². The molecular formula is C22H25Cl4N3O4S. The Morgan fingerprint density at radius 3 is 2.15 bits per heavy atom. The molecule has 0 saturated carbocycles. The molecule has 7 nitrogen and oxygen atoms in total. The minimum atomic E-state index is -3.90. The Kier molecular flexibility index (Phi) is 10.3. The predicted octanol–water partition coefficient (Wildman–Crippen LogP) is 5.01. The molecule has 0 radical (unpaired) electrons. The van der Waals surface area contributed by atoms with Gasteiger partial charge < -0.3 is 10.2 Å². The lowest BCUT2D eigenvalue weighted by atomic mass is 10.1. The molecule has 1 atom stereocenters. The summed E-state index contributed by atoms with van der Waals surface area (Å²) in [6.45, 7) is 3.29. The Labute approximate surface area is 220 Å². The molecule has 0 unspecified atom stereocenters. The molecule has 1 N–H and O–H groups in total. The van der Waals surface area contributed by atoms with Crippen LogP contribution in [0, 0.1) is 0 Å². The van der Waals surface area contributed by atoms with Crippen molar-refractivity contribution in [2.45, 2.75) is 32.9 Å². The highest BCUT2D eigenvalue weighted by Crippen LogP contribution is 2.28. The Bertz CT molecular complexity index is 1140. The molecule has 0 aliphatic carbocycles. The van der Waals surface area contributed by atoms with Crippen LogP contribution in [0.3, 0.4) is 0 Å². The van der Waals surface area contributed by atoms with Gasteiger partial charge in [-0.1, -0.05) is 59.4 Å². The third-order valence-corrected chi connectivity index (χ3v) is 7.05. The van der Waals surface area contributed by atoms with Crippen molar-refractivity contribution < 1.29 is 18.0 Å². The average molecular weight is 569 g/mol. The number of nitrogens with zero attached hydrogens (tertiary/aromatic N) is 2. The van der Waals surface area contributed by atoms with Crippen LogP contribution in [0.1, 0.15) is 25.8 Å². The molecule has 0 spiro atoms. The SMILES string of the molecule is CCCNC(=O)[C@@H](C)N(Cc1ccc(Cl)cc1Cl)C(=O)CN(c1cc(Cl)cc(Cl)c1)S(C)(=O)=O. The second kappa shape index (κ2) is 12.3. The molecule has 2 aromatic carbocycles. The fourth-order valence-corrected chi connectivity index (χ4v) is 4.93. The molecule has 0 aromatic heterocycles. The predicted molar refractivity (Wildman–Crippen MR) is 138 cm³/mol. The largest absolute Gasteiger partial charge is 0.354 e. The second-order valence-corrected chi connectivity index (χ2v) is 11.2. The zero-order valence-electron chi connectivity index (χ0n) is 18.8. The first-order valence-electron chi connectivity index (χ1n) is 10.3. The molecule has 34 heavy (non-hydrogen) atoms. The molecule has 0 fully saturated rings. The lowest BCUT2D eigenvalue weighted by Gasteiger charge is -2.31. The molecule has 2 amide bonds. The van der Waals surface area contributed by atoms with E-state index >= 15 is 0 Å². The van der Waals surface area contributed by atoms with Crippen LogP contribution < -0.4 is 9.62 Å². The van der Waals surface area contributed by atoms with Crippen molar-refractivity contribution in [2.24, 2.45) is 0 Å². The molecule has 0 saturated heterocycles. The van der Waals surface area contributed by atoms with E-state index in [0.29, 0.717) is 28.6 Å². The lowest BCUT2D eigenvalue weighted by molar-refractivity contribution is -0.139. The normalized spacial score (nSPS) is 12.2. The van der Waals surface area contributed by atoms with Crippen LogP contribution in [0.5, 0.6) is 0 Å². The highest BCUT2D eigenvalue weighted by atomic mass is 35.5. The first-order valence-corrected chi connectivity index (χ1v) is 13.6. The minimum absolute atomic E-state index is 0.0382. The van der Waals surface area contributed by atoms with Crippen molar-refractivity contribution in [1.82, 2.24) is 10.2 Å². The topological polar surface area (TPSA) is 86.8 Å². The van der Waals surface area contributed by atoms with Crippen molar-refractivity contribution in [3.63, 3.8) is 0 Å². The molecule has 2 aromatic rings. The smallest absolute Gasteiger partial charge is 0.244 e. The van der Waals surface area contributed by atoms with Crippen molar-refractivity contribution in [1.29, 1.82) is 0 Å². The summed E-state index contributed by atoms with van der Waals surface area (Å²) in [6.07, 6.45) is 1.68. The van der Waals surface area contributed by atoms with E-state index < -0.39 is 28.5 Å². The molecule has 0 bridgehead atoms. The summed E-state index contributed by atoms with van der Waals surface area (Å²) >= 11 is 24.4. The third kappa shape index (κ3) is 7.92. The van der Waals surface area contributed by atoms with Gasteiger partial charge >= 0.3 is 0 Å². The Balaban J connectivity index is 2.44. The van der Waals surface area contributed by atoms with Gasteiger partial charge in [0.2, 0.25) is 21.8 Å². The van der Waals surface area contributed by atoms with Crippen molar-refractivity contribution in [2.75, 3.05) is 23.7 Å². The quantitative estimate of drug-likeness (QED) is 0.436. The molecule has 2 rings (SSSR count). The number of rotatable bonds is 10. The van der Waals surface area contributed by atoms with Gasteiger partial charge in [-0.2, -0.15) is 0 Å². The molecule has 0 heterocycles. The fraction of sp³-hybridized carbons (Fsp3) is 0.364. The van der Waals surface area contributed by atoms with Crippen LogP contribution in [0.4, 0.5) is 5.69 Å².